The van der Waals surface area contributed by atoms with Crippen LogP contribution in [0.15, 0.2) is 18.3 Å². The summed E-state index contributed by atoms with van der Waals surface area (Å²) in [5.74, 6) is 0.0771. The SMILES string of the molecule is O=C(c1cc(I)ccn1)N1CCCCC1. The highest BCUT2D eigenvalue weighted by Gasteiger charge is 2.18. The molecule has 1 fully saturated rings. The highest BCUT2D eigenvalue weighted by Crippen LogP contribution is 2.13. The van der Waals surface area contributed by atoms with Gasteiger partial charge in [0.2, 0.25) is 0 Å². The summed E-state index contributed by atoms with van der Waals surface area (Å²) < 4.78 is 1.06. The molecule has 1 saturated heterocycles. The molecule has 0 unspecified atom stereocenters. The fraction of sp³-hybridized carbons (Fsp3) is 0.455. The fourth-order valence-electron chi connectivity index (χ4n) is 1.78. The Labute approximate surface area is 103 Å². The first kappa shape index (κ1) is 10.9. The van der Waals surface area contributed by atoms with Gasteiger partial charge in [-0.3, -0.25) is 9.78 Å². The summed E-state index contributed by atoms with van der Waals surface area (Å²) in [4.78, 5) is 18.0. The van der Waals surface area contributed by atoms with Gasteiger partial charge in [0.1, 0.15) is 5.69 Å². The smallest absolute Gasteiger partial charge is 0.272 e. The van der Waals surface area contributed by atoms with Crippen molar-refractivity contribution in [2.75, 3.05) is 13.1 Å². The van der Waals surface area contributed by atoms with Crippen molar-refractivity contribution in [1.82, 2.24) is 9.88 Å². The highest BCUT2D eigenvalue weighted by atomic mass is 127. The average Bonchev–Trinajstić information content (AvgIpc) is 2.29. The Morgan fingerprint density at radius 1 is 1.33 bits per heavy atom. The number of nitrogens with zero attached hydrogens (tertiary/aromatic N) is 2. The molecule has 0 radical (unpaired) electrons. The molecule has 0 saturated carbocycles. The number of pyridine rings is 1. The van der Waals surface area contributed by atoms with Gasteiger partial charge in [0.15, 0.2) is 0 Å². The normalized spacial score (nSPS) is 16.5. The van der Waals surface area contributed by atoms with Crippen molar-refractivity contribution >= 4 is 28.5 Å². The average molecular weight is 316 g/mol. The number of likely N-dealkylation sites (tertiary alicyclic amines) is 1. The van der Waals surface area contributed by atoms with Crippen LogP contribution in [0, 0.1) is 3.57 Å². The maximum atomic E-state index is 12.0. The quantitative estimate of drug-likeness (QED) is 0.745. The molecule has 2 heterocycles. The van der Waals surface area contributed by atoms with E-state index in [1.165, 1.54) is 6.42 Å². The monoisotopic (exact) mass is 316 g/mol. The number of carbonyl (C=O) groups is 1. The van der Waals surface area contributed by atoms with Crippen LogP contribution in [0.1, 0.15) is 29.8 Å². The molecule has 0 aliphatic carbocycles. The molecule has 1 aromatic heterocycles. The van der Waals surface area contributed by atoms with E-state index in [1.54, 1.807) is 6.20 Å². The Morgan fingerprint density at radius 2 is 2.07 bits per heavy atom. The third-order valence-corrected chi connectivity index (χ3v) is 3.26. The van der Waals surface area contributed by atoms with Crippen LogP contribution < -0.4 is 0 Å². The van der Waals surface area contributed by atoms with Gasteiger partial charge in [0, 0.05) is 22.9 Å². The zero-order chi connectivity index (χ0) is 10.7. The molecule has 0 atom stereocenters. The van der Waals surface area contributed by atoms with Crippen molar-refractivity contribution in [3.63, 3.8) is 0 Å². The van der Waals surface area contributed by atoms with E-state index in [1.807, 2.05) is 17.0 Å². The van der Waals surface area contributed by atoms with Crippen molar-refractivity contribution < 1.29 is 4.79 Å². The molecule has 15 heavy (non-hydrogen) atoms. The molecular weight excluding hydrogens is 303 g/mol. The Kier molecular flexibility index (Phi) is 3.56. The molecular formula is C11H13IN2O. The van der Waals surface area contributed by atoms with Gasteiger partial charge in [0.05, 0.1) is 0 Å². The molecule has 0 bridgehead atoms. The van der Waals surface area contributed by atoms with E-state index in [2.05, 4.69) is 27.6 Å². The summed E-state index contributed by atoms with van der Waals surface area (Å²) in [6.07, 6.45) is 5.17. The van der Waals surface area contributed by atoms with E-state index in [4.69, 9.17) is 0 Å². The largest absolute Gasteiger partial charge is 0.337 e. The first-order valence-electron chi connectivity index (χ1n) is 5.18. The van der Waals surface area contributed by atoms with Gasteiger partial charge < -0.3 is 4.90 Å². The Bertz CT molecular complexity index is 361. The third-order valence-electron chi connectivity index (χ3n) is 2.58. The van der Waals surface area contributed by atoms with Gasteiger partial charge in [-0.15, -0.1) is 0 Å². The predicted molar refractivity (Wildman–Crippen MR) is 66.7 cm³/mol. The lowest BCUT2D eigenvalue weighted by Crippen LogP contribution is -2.36. The van der Waals surface area contributed by atoms with Crippen molar-refractivity contribution in [2.45, 2.75) is 19.3 Å². The maximum absolute atomic E-state index is 12.0. The van der Waals surface area contributed by atoms with E-state index in [9.17, 15) is 4.79 Å². The molecule has 80 valence electrons. The van der Waals surface area contributed by atoms with E-state index >= 15 is 0 Å². The van der Waals surface area contributed by atoms with E-state index in [-0.39, 0.29) is 5.91 Å². The molecule has 1 amide bonds. The van der Waals surface area contributed by atoms with Crippen LogP contribution in [-0.2, 0) is 0 Å². The van der Waals surface area contributed by atoms with Crippen LogP contribution in [0.3, 0.4) is 0 Å². The molecule has 0 spiro atoms. The van der Waals surface area contributed by atoms with Gasteiger partial charge in [-0.25, -0.2) is 0 Å². The molecule has 2 rings (SSSR count). The predicted octanol–water partition coefficient (Wildman–Crippen LogP) is 2.31. The summed E-state index contributed by atoms with van der Waals surface area (Å²) in [6, 6.07) is 3.74. The van der Waals surface area contributed by atoms with E-state index in [0.29, 0.717) is 5.69 Å². The second kappa shape index (κ2) is 4.92. The number of halogens is 1. The molecule has 3 nitrogen and oxygen atoms in total. The van der Waals surface area contributed by atoms with Crippen molar-refractivity contribution in [2.24, 2.45) is 0 Å². The zero-order valence-corrected chi connectivity index (χ0v) is 10.6. The van der Waals surface area contributed by atoms with Crippen molar-refractivity contribution in [3.05, 3.63) is 27.6 Å². The first-order valence-corrected chi connectivity index (χ1v) is 6.26. The summed E-state index contributed by atoms with van der Waals surface area (Å²) in [7, 11) is 0. The number of amides is 1. The molecule has 0 N–H and O–H groups in total. The van der Waals surface area contributed by atoms with E-state index < -0.39 is 0 Å². The molecule has 4 heteroatoms. The first-order chi connectivity index (χ1) is 7.27. The topological polar surface area (TPSA) is 33.2 Å². The Balaban J connectivity index is 2.12. The molecule has 1 aliphatic heterocycles. The number of rotatable bonds is 1. The van der Waals surface area contributed by atoms with Crippen LogP contribution in [0.5, 0.6) is 0 Å². The van der Waals surface area contributed by atoms with Crippen molar-refractivity contribution in [3.8, 4) is 0 Å². The molecule has 1 aliphatic rings. The lowest BCUT2D eigenvalue weighted by molar-refractivity contribution is 0.0718. The Hall–Kier alpha value is -0.650. The van der Waals surface area contributed by atoms with Crippen LogP contribution in [-0.4, -0.2) is 28.9 Å². The molecule has 0 aromatic carbocycles. The van der Waals surface area contributed by atoms with Gasteiger partial charge in [-0.1, -0.05) is 0 Å². The minimum Gasteiger partial charge on any atom is -0.337 e. The summed E-state index contributed by atoms with van der Waals surface area (Å²) in [5.41, 5.74) is 0.573. The summed E-state index contributed by atoms with van der Waals surface area (Å²) in [6.45, 7) is 1.76. The number of hydrogen-bond acceptors (Lipinski definition) is 2. The number of hydrogen-bond donors (Lipinski definition) is 0. The van der Waals surface area contributed by atoms with Crippen LogP contribution >= 0.6 is 22.6 Å². The van der Waals surface area contributed by atoms with Crippen LogP contribution in [0.25, 0.3) is 0 Å². The second-order valence-corrected chi connectivity index (χ2v) is 4.96. The van der Waals surface area contributed by atoms with Crippen LogP contribution in [0.2, 0.25) is 0 Å². The zero-order valence-electron chi connectivity index (χ0n) is 8.45. The summed E-state index contributed by atoms with van der Waals surface area (Å²) in [5, 5.41) is 0. The third kappa shape index (κ3) is 2.68. The minimum atomic E-state index is 0.0771. The van der Waals surface area contributed by atoms with E-state index in [0.717, 1.165) is 29.5 Å². The number of piperidine rings is 1. The number of carbonyl (C=O) groups excluding carboxylic acids is 1. The molecule has 1 aromatic rings. The van der Waals surface area contributed by atoms with Gasteiger partial charge in [-0.2, -0.15) is 0 Å². The lowest BCUT2D eigenvalue weighted by atomic mass is 10.1. The Morgan fingerprint density at radius 3 is 2.73 bits per heavy atom. The van der Waals surface area contributed by atoms with Crippen molar-refractivity contribution in [1.29, 1.82) is 0 Å². The van der Waals surface area contributed by atoms with Crippen LogP contribution in [0.4, 0.5) is 0 Å². The second-order valence-electron chi connectivity index (χ2n) is 3.71. The highest BCUT2D eigenvalue weighted by molar-refractivity contribution is 14.1. The standard InChI is InChI=1S/C11H13IN2O/c12-9-4-5-13-10(8-9)11(15)14-6-2-1-3-7-14/h4-5,8H,1-3,6-7H2. The van der Waals surface area contributed by atoms with Gasteiger partial charge >= 0.3 is 0 Å². The van der Waals surface area contributed by atoms with Gasteiger partial charge in [-0.05, 0) is 54.0 Å². The van der Waals surface area contributed by atoms with Gasteiger partial charge in [0.25, 0.3) is 5.91 Å². The number of aromatic nitrogens is 1. The minimum absolute atomic E-state index is 0.0771. The summed E-state index contributed by atoms with van der Waals surface area (Å²) >= 11 is 2.20. The fourth-order valence-corrected chi connectivity index (χ4v) is 2.24. The maximum Gasteiger partial charge on any atom is 0.272 e. The lowest BCUT2D eigenvalue weighted by Gasteiger charge is -2.26.